The highest BCUT2D eigenvalue weighted by atomic mass is 32.1. The van der Waals surface area contributed by atoms with Crippen LogP contribution in [0.5, 0.6) is 5.75 Å². The lowest BCUT2D eigenvalue weighted by atomic mass is 10.2. The topological polar surface area (TPSA) is 93.2 Å². The van der Waals surface area contributed by atoms with Gasteiger partial charge in [0, 0.05) is 19.0 Å². The number of amides is 2. The molecule has 1 aromatic carbocycles. The van der Waals surface area contributed by atoms with Crippen molar-refractivity contribution in [1.29, 1.82) is 0 Å². The van der Waals surface area contributed by atoms with Gasteiger partial charge in [0.15, 0.2) is 0 Å². The Morgan fingerprint density at radius 3 is 2.64 bits per heavy atom. The van der Waals surface area contributed by atoms with Crippen LogP contribution in [0.3, 0.4) is 0 Å². The van der Waals surface area contributed by atoms with Gasteiger partial charge in [0.25, 0.3) is 0 Å². The lowest BCUT2D eigenvalue weighted by Gasteiger charge is -2.02. The summed E-state index contributed by atoms with van der Waals surface area (Å²) < 4.78 is 5.07. The smallest absolute Gasteiger partial charge is 0.244 e. The summed E-state index contributed by atoms with van der Waals surface area (Å²) in [7, 11) is 1.60. The summed E-state index contributed by atoms with van der Waals surface area (Å²) >= 11 is 1.35. The van der Waals surface area contributed by atoms with Crippen LogP contribution in [-0.4, -0.2) is 35.7 Å². The first kappa shape index (κ1) is 18.6. The molecule has 2 rings (SSSR count). The molecule has 0 unspecified atom stereocenters. The van der Waals surface area contributed by atoms with Gasteiger partial charge in [-0.2, -0.15) is 0 Å². The molecule has 2 amide bonds. The number of nitrogens with one attached hydrogen (secondary N) is 2. The van der Waals surface area contributed by atoms with Crippen molar-refractivity contribution in [2.24, 2.45) is 0 Å². The second kappa shape index (κ2) is 9.53. The molecule has 0 atom stereocenters. The summed E-state index contributed by atoms with van der Waals surface area (Å²) in [5.41, 5.74) is 0.886. The number of methoxy groups -OCH3 is 1. The van der Waals surface area contributed by atoms with Crippen LogP contribution in [0.25, 0.3) is 6.08 Å². The summed E-state index contributed by atoms with van der Waals surface area (Å²) in [4.78, 5) is 23.5. The molecule has 2 N–H and O–H groups in total. The molecule has 0 aliphatic rings. The average molecular weight is 360 g/mol. The van der Waals surface area contributed by atoms with Gasteiger partial charge in [-0.1, -0.05) is 30.4 Å². The molecule has 0 bridgehead atoms. The number of carbonyl (C=O) groups is 2. The Morgan fingerprint density at radius 2 is 2.00 bits per heavy atom. The molecule has 2 aromatic rings. The fourth-order valence-corrected chi connectivity index (χ4v) is 2.57. The highest BCUT2D eigenvalue weighted by molar-refractivity contribution is 7.15. The molecular weight excluding hydrogens is 340 g/mol. The first-order valence-electron chi connectivity index (χ1n) is 7.83. The highest BCUT2D eigenvalue weighted by Gasteiger charge is 2.07. The van der Waals surface area contributed by atoms with Gasteiger partial charge in [-0.05, 0) is 30.2 Å². The van der Waals surface area contributed by atoms with Gasteiger partial charge in [0.2, 0.25) is 16.9 Å². The fraction of sp³-hybridized carbons (Fsp3) is 0.294. The van der Waals surface area contributed by atoms with Gasteiger partial charge < -0.3 is 15.4 Å². The van der Waals surface area contributed by atoms with Crippen molar-refractivity contribution >= 4 is 34.4 Å². The molecule has 132 valence electrons. The number of hydrogen-bond acceptors (Lipinski definition) is 6. The largest absolute Gasteiger partial charge is 0.497 e. The molecule has 0 aliphatic heterocycles. The second-order valence-corrected chi connectivity index (χ2v) is 6.11. The van der Waals surface area contributed by atoms with Crippen molar-refractivity contribution in [2.75, 3.05) is 19.0 Å². The Labute approximate surface area is 150 Å². The highest BCUT2D eigenvalue weighted by Crippen LogP contribution is 2.15. The molecule has 0 saturated heterocycles. The van der Waals surface area contributed by atoms with Crippen molar-refractivity contribution < 1.29 is 14.3 Å². The van der Waals surface area contributed by atoms with Crippen molar-refractivity contribution in [2.45, 2.75) is 19.8 Å². The molecule has 0 fully saturated rings. The zero-order valence-electron chi connectivity index (χ0n) is 14.1. The van der Waals surface area contributed by atoms with E-state index in [4.69, 9.17) is 4.74 Å². The number of ether oxygens (including phenoxy) is 1. The maximum absolute atomic E-state index is 11.8. The van der Waals surface area contributed by atoms with E-state index in [1.165, 1.54) is 17.4 Å². The maximum atomic E-state index is 11.8. The third-order valence-corrected chi connectivity index (χ3v) is 4.19. The molecule has 25 heavy (non-hydrogen) atoms. The Morgan fingerprint density at radius 1 is 1.24 bits per heavy atom. The van der Waals surface area contributed by atoms with Crippen LogP contribution >= 0.6 is 11.3 Å². The summed E-state index contributed by atoms with van der Waals surface area (Å²) in [6.07, 6.45) is 4.08. The van der Waals surface area contributed by atoms with Crippen molar-refractivity contribution in [3.63, 3.8) is 0 Å². The van der Waals surface area contributed by atoms with E-state index in [1.54, 1.807) is 13.2 Å². The normalized spacial score (nSPS) is 10.6. The molecule has 0 saturated carbocycles. The Bertz CT molecular complexity index is 741. The van der Waals surface area contributed by atoms with E-state index in [-0.39, 0.29) is 24.8 Å². The minimum Gasteiger partial charge on any atom is -0.497 e. The van der Waals surface area contributed by atoms with E-state index in [2.05, 4.69) is 20.8 Å². The van der Waals surface area contributed by atoms with Crippen LogP contribution in [0, 0.1) is 0 Å². The number of benzene rings is 1. The molecule has 0 spiro atoms. The zero-order chi connectivity index (χ0) is 18.1. The monoisotopic (exact) mass is 360 g/mol. The molecule has 7 nitrogen and oxygen atoms in total. The van der Waals surface area contributed by atoms with E-state index in [9.17, 15) is 9.59 Å². The number of carbonyl (C=O) groups excluding carboxylic acids is 2. The SMILES string of the molecule is CCc1nnc(NC(=O)CCNC(=O)/C=C/c2ccc(OC)cc2)s1. The molecule has 1 aromatic heterocycles. The predicted molar refractivity (Wildman–Crippen MR) is 97.6 cm³/mol. The number of anilines is 1. The van der Waals surface area contributed by atoms with Crippen LogP contribution in [0.1, 0.15) is 23.9 Å². The summed E-state index contributed by atoms with van der Waals surface area (Å²) in [5.74, 6) is 0.292. The van der Waals surface area contributed by atoms with Crippen LogP contribution in [0.4, 0.5) is 5.13 Å². The van der Waals surface area contributed by atoms with E-state index in [0.717, 1.165) is 22.7 Å². The van der Waals surface area contributed by atoms with Gasteiger partial charge in [-0.15, -0.1) is 10.2 Å². The van der Waals surface area contributed by atoms with Crippen LogP contribution in [0.2, 0.25) is 0 Å². The van der Waals surface area contributed by atoms with Crippen molar-refractivity contribution in [3.8, 4) is 5.75 Å². The minimum absolute atomic E-state index is 0.170. The average Bonchev–Trinajstić information content (AvgIpc) is 3.08. The van der Waals surface area contributed by atoms with Gasteiger partial charge >= 0.3 is 0 Å². The van der Waals surface area contributed by atoms with Crippen molar-refractivity contribution in [3.05, 3.63) is 40.9 Å². The summed E-state index contributed by atoms with van der Waals surface area (Å²) in [6.45, 7) is 2.22. The van der Waals surface area contributed by atoms with Crippen molar-refractivity contribution in [1.82, 2.24) is 15.5 Å². The van der Waals surface area contributed by atoms with Crippen LogP contribution in [0.15, 0.2) is 30.3 Å². The predicted octanol–water partition coefficient (Wildman–Crippen LogP) is 2.27. The molecule has 0 radical (unpaired) electrons. The van der Waals surface area contributed by atoms with E-state index >= 15 is 0 Å². The van der Waals surface area contributed by atoms with Crippen LogP contribution in [-0.2, 0) is 16.0 Å². The number of rotatable bonds is 8. The quantitative estimate of drug-likeness (QED) is 0.705. The fourth-order valence-electron chi connectivity index (χ4n) is 1.87. The molecule has 8 heteroatoms. The Balaban J connectivity index is 1.70. The molecule has 1 heterocycles. The Hall–Kier alpha value is -2.74. The standard InChI is InChI=1S/C17H20N4O3S/c1-3-16-20-21-17(25-16)19-15(23)10-11-18-14(22)9-6-12-4-7-13(24-2)8-5-12/h4-9H,3,10-11H2,1-2H3,(H,18,22)(H,19,21,23)/b9-6+. The first-order chi connectivity index (χ1) is 12.1. The second-order valence-electron chi connectivity index (χ2n) is 5.05. The third-order valence-electron chi connectivity index (χ3n) is 3.21. The summed E-state index contributed by atoms with van der Waals surface area (Å²) in [6, 6.07) is 7.34. The zero-order valence-corrected chi connectivity index (χ0v) is 14.9. The van der Waals surface area contributed by atoms with Gasteiger partial charge in [0.1, 0.15) is 10.8 Å². The van der Waals surface area contributed by atoms with Crippen LogP contribution < -0.4 is 15.4 Å². The Kier molecular flexibility index (Phi) is 7.09. The van der Waals surface area contributed by atoms with Gasteiger partial charge in [-0.3, -0.25) is 9.59 Å². The number of aryl methyl sites for hydroxylation is 1. The lowest BCUT2D eigenvalue weighted by molar-refractivity contribution is -0.117. The first-order valence-corrected chi connectivity index (χ1v) is 8.64. The third kappa shape index (κ3) is 6.34. The number of nitrogens with zero attached hydrogens (tertiary/aromatic N) is 2. The van der Waals surface area contributed by atoms with Gasteiger partial charge in [0.05, 0.1) is 7.11 Å². The lowest BCUT2D eigenvalue weighted by Crippen LogP contribution is -2.26. The number of hydrogen-bond donors (Lipinski definition) is 2. The van der Waals surface area contributed by atoms with E-state index in [0.29, 0.717) is 5.13 Å². The summed E-state index contributed by atoms with van der Waals surface area (Å²) in [5, 5.41) is 14.5. The maximum Gasteiger partial charge on any atom is 0.244 e. The number of aromatic nitrogens is 2. The van der Waals surface area contributed by atoms with E-state index in [1.807, 2.05) is 31.2 Å². The minimum atomic E-state index is -0.257. The van der Waals surface area contributed by atoms with Gasteiger partial charge in [-0.25, -0.2) is 0 Å². The molecular formula is C17H20N4O3S. The molecule has 0 aliphatic carbocycles. The van der Waals surface area contributed by atoms with E-state index < -0.39 is 0 Å².